The third kappa shape index (κ3) is 6.86. The van der Waals surface area contributed by atoms with Crippen LogP contribution in [0.15, 0.2) is 47.8 Å². The average molecular weight is 544 g/mol. The van der Waals surface area contributed by atoms with E-state index in [0.717, 1.165) is 41.9 Å². The fourth-order valence-corrected chi connectivity index (χ4v) is 5.07. The van der Waals surface area contributed by atoms with Gasteiger partial charge < -0.3 is 20.9 Å². The highest BCUT2D eigenvalue weighted by atomic mass is 19.4. The SMILES string of the molecule is O=C(NCC1CCNC1)C1=CC=C(Nc2nc3c(C4=CCN(C(=O)CCC(F)(F)F)CC4)cccn3n2)CC1. The molecule has 0 radical (unpaired) electrons. The molecule has 208 valence electrons. The first-order chi connectivity index (χ1) is 18.7. The molecule has 1 aliphatic carbocycles. The number of nitrogens with one attached hydrogen (secondary N) is 3. The first kappa shape index (κ1) is 26.9. The van der Waals surface area contributed by atoms with Crippen molar-refractivity contribution in [1.82, 2.24) is 30.1 Å². The van der Waals surface area contributed by atoms with Gasteiger partial charge >= 0.3 is 6.18 Å². The minimum atomic E-state index is -4.34. The van der Waals surface area contributed by atoms with Crippen LogP contribution in [0.5, 0.6) is 0 Å². The Hall–Kier alpha value is -3.67. The first-order valence-corrected chi connectivity index (χ1v) is 13.3. The summed E-state index contributed by atoms with van der Waals surface area (Å²) < 4.78 is 39.1. The van der Waals surface area contributed by atoms with Gasteiger partial charge in [0.2, 0.25) is 17.8 Å². The molecule has 2 amide bonds. The number of carbonyl (C=O) groups is 2. The van der Waals surface area contributed by atoms with Crippen molar-refractivity contribution in [3.63, 3.8) is 0 Å². The quantitative estimate of drug-likeness (QED) is 0.472. The van der Waals surface area contributed by atoms with Crippen molar-refractivity contribution >= 4 is 29.0 Å². The Labute approximate surface area is 224 Å². The zero-order valence-electron chi connectivity index (χ0n) is 21.6. The van der Waals surface area contributed by atoms with E-state index in [0.29, 0.717) is 49.9 Å². The summed E-state index contributed by atoms with van der Waals surface area (Å²) in [7, 11) is 0. The van der Waals surface area contributed by atoms with Gasteiger partial charge in [0.1, 0.15) is 0 Å². The van der Waals surface area contributed by atoms with Crippen LogP contribution in [0, 0.1) is 5.92 Å². The third-order valence-corrected chi connectivity index (χ3v) is 7.32. The number of nitrogens with zero attached hydrogens (tertiary/aromatic N) is 4. The van der Waals surface area contributed by atoms with Gasteiger partial charge in [0.25, 0.3) is 0 Å². The zero-order chi connectivity index (χ0) is 27.4. The summed E-state index contributed by atoms with van der Waals surface area (Å²) in [6.45, 7) is 3.26. The normalized spacial score (nSPS) is 19.9. The first-order valence-electron chi connectivity index (χ1n) is 13.3. The van der Waals surface area contributed by atoms with Crippen LogP contribution >= 0.6 is 0 Å². The Morgan fingerprint density at radius 3 is 2.74 bits per heavy atom. The van der Waals surface area contributed by atoms with Crippen molar-refractivity contribution in [2.75, 3.05) is 38.0 Å². The molecule has 1 saturated heterocycles. The van der Waals surface area contributed by atoms with Crippen LogP contribution < -0.4 is 16.0 Å². The van der Waals surface area contributed by atoms with Gasteiger partial charge in [0, 0.05) is 49.1 Å². The number of anilines is 1. The molecule has 3 aliphatic rings. The van der Waals surface area contributed by atoms with Crippen molar-refractivity contribution in [2.24, 2.45) is 5.92 Å². The number of fused-ring (bicyclic) bond motifs is 1. The van der Waals surface area contributed by atoms with Crippen molar-refractivity contribution < 1.29 is 22.8 Å². The monoisotopic (exact) mass is 543 g/mol. The average Bonchev–Trinajstić information content (AvgIpc) is 3.60. The summed E-state index contributed by atoms with van der Waals surface area (Å²) in [5.41, 5.74) is 4.16. The molecule has 5 rings (SSSR count). The molecular weight excluding hydrogens is 511 g/mol. The summed E-state index contributed by atoms with van der Waals surface area (Å²) in [4.78, 5) is 30.8. The van der Waals surface area contributed by atoms with E-state index in [1.165, 1.54) is 4.90 Å². The topological polar surface area (TPSA) is 104 Å². The molecule has 1 unspecified atom stereocenters. The summed E-state index contributed by atoms with van der Waals surface area (Å²) in [6.07, 6.45) is 4.31. The maximum Gasteiger partial charge on any atom is 0.389 e. The molecule has 2 aliphatic heterocycles. The Kier molecular flexibility index (Phi) is 8.01. The van der Waals surface area contributed by atoms with Crippen LogP contribution in [0.2, 0.25) is 0 Å². The van der Waals surface area contributed by atoms with E-state index in [9.17, 15) is 22.8 Å². The zero-order valence-corrected chi connectivity index (χ0v) is 21.6. The number of allylic oxidation sites excluding steroid dienone is 3. The third-order valence-electron chi connectivity index (χ3n) is 7.32. The number of pyridine rings is 1. The second-order valence-corrected chi connectivity index (χ2v) is 10.1. The predicted molar refractivity (Wildman–Crippen MR) is 140 cm³/mol. The Morgan fingerprint density at radius 2 is 2.05 bits per heavy atom. The number of aromatic nitrogens is 3. The van der Waals surface area contributed by atoms with Gasteiger partial charge in [-0.25, -0.2) is 4.52 Å². The highest BCUT2D eigenvalue weighted by Gasteiger charge is 2.30. The van der Waals surface area contributed by atoms with Crippen LogP contribution in [-0.2, 0) is 9.59 Å². The summed E-state index contributed by atoms with van der Waals surface area (Å²) in [6, 6.07) is 3.79. The largest absolute Gasteiger partial charge is 0.389 e. The van der Waals surface area contributed by atoms with Gasteiger partial charge in [0.05, 0.1) is 6.42 Å². The van der Waals surface area contributed by atoms with Crippen LogP contribution in [0.3, 0.4) is 0 Å². The maximum atomic E-state index is 12.5. The molecule has 0 aromatic carbocycles. The lowest BCUT2D eigenvalue weighted by Gasteiger charge is -2.27. The predicted octanol–water partition coefficient (Wildman–Crippen LogP) is 3.43. The molecule has 2 aromatic rings. The molecule has 12 heteroatoms. The molecule has 4 heterocycles. The van der Waals surface area contributed by atoms with Gasteiger partial charge in [-0.3, -0.25) is 9.59 Å². The van der Waals surface area contributed by atoms with Crippen molar-refractivity contribution in [3.8, 4) is 0 Å². The number of amides is 2. The van der Waals surface area contributed by atoms with Gasteiger partial charge in [-0.2, -0.15) is 18.2 Å². The Bertz CT molecular complexity index is 1320. The number of halogens is 3. The van der Waals surface area contributed by atoms with E-state index < -0.39 is 24.9 Å². The van der Waals surface area contributed by atoms with Crippen molar-refractivity contribution in [1.29, 1.82) is 0 Å². The van der Waals surface area contributed by atoms with Crippen LogP contribution in [-0.4, -0.2) is 70.2 Å². The molecule has 3 N–H and O–H groups in total. The Morgan fingerprint density at radius 1 is 1.18 bits per heavy atom. The summed E-state index contributed by atoms with van der Waals surface area (Å²) in [5.74, 6) is 0.417. The number of carbonyl (C=O) groups excluding carboxylic acids is 2. The molecule has 9 nitrogen and oxygen atoms in total. The number of hydrogen-bond donors (Lipinski definition) is 3. The molecular formula is C27H32F3N7O2. The lowest BCUT2D eigenvalue weighted by molar-refractivity contribution is -0.148. The number of alkyl halides is 3. The molecule has 39 heavy (non-hydrogen) atoms. The van der Waals surface area contributed by atoms with Crippen molar-refractivity contribution in [2.45, 2.75) is 44.7 Å². The molecule has 0 bridgehead atoms. The van der Waals surface area contributed by atoms with Crippen LogP contribution in [0.25, 0.3) is 11.2 Å². The summed E-state index contributed by atoms with van der Waals surface area (Å²) in [5, 5.41) is 14.1. The van der Waals surface area contributed by atoms with Crippen LogP contribution in [0.4, 0.5) is 19.1 Å². The summed E-state index contributed by atoms with van der Waals surface area (Å²) >= 11 is 0. The minimum Gasteiger partial charge on any atom is -0.352 e. The van der Waals surface area contributed by atoms with Gasteiger partial charge in [0.15, 0.2) is 5.65 Å². The smallest absolute Gasteiger partial charge is 0.352 e. The Balaban J connectivity index is 1.21. The molecule has 0 saturated carbocycles. The highest BCUT2D eigenvalue weighted by molar-refractivity contribution is 5.94. The van der Waals surface area contributed by atoms with Crippen molar-refractivity contribution in [3.05, 3.63) is 53.4 Å². The minimum absolute atomic E-state index is 0.0194. The fourth-order valence-electron chi connectivity index (χ4n) is 5.07. The van der Waals surface area contributed by atoms with E-state index in [-0.39, 0.29) is 12.5 Å². The van der Waals surface area contributed by atoms with E-state index in [4.69, 9.17) is 0 Å². The second kappa shape index (κ2) is 11.6. The van der Waals surface area contributed by atoms with Crippen LogP contribution in [0.1, 0.15) is 44.1 Å². The lowest BCUT2D eigenvalue weighted by Crippen LogP contribution is -2.35. The standard InChI is InChI=1S/C27H32F3N7O2/c28-27(29,30)11-7-23(38)36-14-9-19(10-15-36)22-2-1-13-37-24(22)34-26(35-37)33-21-5-3-20(4-6-21)25(39)32-17-18-8-12-31-16-18/h1-3,5,9,13,18,31H,4,6-8,10-12,14-17H2,(H,32,39)(H,33,35). The fraction of sp³-hybridized carbons (Fsp3) is 0.481. The molecule has 2 aromatic heterocycles. The number of rotatable bonds is 8. The van der Waals surface area contributed by atoms with E-state index in [1.807, 2.05) is 30.4 Å². The molecule has 1 atom stereocenters. The van der Waals surface area contributed by atoms with E-state index in [1.54, 1.807) is 10.7 Å². The number of hydrogen-bond acceptors (Lipinski definition) is 6. The highest BCUT2D eigenvalue weighted by Crippen LogP contribution is 2.28. The lowest BCUT2D eigenvalue weighted by atomic mass is 10.00. The van der Waals surface area contributed by atoms with Gasteiger partial charge in [-0.1, -0.05) is 12.2 Å². The molecule has 1 fully saturated rings. The maximum absolute atomic E-state index is 12.5. The van der Waals surface area contributed by atoms with E-state index in [2.05, 4.69) is 26.0 Å². The molecule has 0 spiro atoms. The second-order valence-electron chi connectivity index (χ2n) is 10.1. The van der Waals surface area contributed by atoms with Gasteiger partial charge in [-0.15, -0.1) is 5.10 Å². The van der Waals surface area contributed by atoms with E-state index >= 15 is 0 Å². The van der Waals surface area contributed by atoms with Gasteiger partial charge in [-0.05, 0) is 68.5 Å².